The van der Waals surface area contributed by atoms with Gasteiger partial charge in [0.2, 0.25) is 0 Å². The van der Waals surface area contributed by atoms with Gasteiger partial charge in [-0.15, -0.1) is 0 Å². The first kappa shape index (κ1) is 18.4. The molecule has 0 saturated heterocycles. The molecule has 1 aromatic heterocycles. The molecule has 0 saturated carbocycles. The maximum absolute atomic E-state index is 13.3. The number of Topliss-reactive ketones (excluding diaryl/α,β-unsaturated/α-hetero) is 1. The summed E-state index contributed by atoms with van der Waals surface area (Å²) in [6.07, 6.45) is 1.80. The van der Waals surface area contributed by atoms with Crippen LogP contribution in [0, 0.1) is 13.8 Å². The van der Waals surface area contributed by atoms with E-state index >= 15 is 0 Å². The zero-order chi connectivity index (χ0) is 19.4. The van der Waals surface area contributed by atoms with Crippen LogP contribution < -0.4 is 10.3 Å². The number of carbonyl (C=O) groups is 1. The van der Waals surface area contributed by atoms with Gasteiger partial charge < -0.3 is 9.72 Å². The van der Waals surface area contributed by atoms with Gasteiger partial charge in [-0.05, 0) is 54.8 Å². The van der Waals surface area contributed by atoms with E-state index in [0.29, 0.717) is 11.1 Å². The number of allylic oxidation sites excluding steroid dienone is 1. The minimum atomic E-state index is -0.367. The Morgan fingerprint density at radius 2 is 1.67 bits per heavy atom. The maximum atomic E-state index is 13.3. The number of carbonyl (C=O) groups excluding carboxylic acids is 1. The molecular weight excluding hydrogens is 338 g/mol. The van der Waals surface area contributed by atoms with Crippen LogP contribution in [0.3, 0.4) is 0 Å². The number of rotatable bonds is 5. The van der Waals surface area contributed by atoms with Crippen LogP contribution in [0.1, 0.15) is 32.7 Å². The Morgan fingerprint density at radius 3 is 2.26 bits per heavy atom. The van der Waals surface area contributed by atoms with Gasteiger partial charge in [-0.1, -0.05) is 42.5 Å². The van der Waals surface area contributed by atoms with Crippen molar-refractivity contribution in [1.29, 1.82) is 0 Å². The van der Waals surface area contributed by atoms with Crippen LogP contribution in [0.4, 0.5) is 0 Å². The number of pyridine rings is 1. The highest BCUT2D eigenvalue weighted by molar-refractivity contribution is 6.32. The molecule has 4 nitrogen and oxygen atoms in total. The second kappa shape index (κ2) is 7.87. The highest BCUT2D eigenvalue weighted by Crippen LogP contribution is 2.24. The fourth-order valence-electron chi connectivity index (χ4n) is 3.04. The Bertz CT molecular complexity index is 1050. The largest absolute Gasteiger partial charge is 0.497 e. The molecule has 136 valence electrons. The highest BCUT2D eigenvalue weighted by atomic mass is 16.5. The van der Waals surface area contributed by atoms with Crippen molar-refractivity contribution in [3.05, 3.63) is 99.0 Å². The number of hydrogen-bond acceptors (Lipinski definition) is 3. The summed E-state index contributed by atoms with van der Waals surface area (Å²) in [5, 5.41) is 0. The molecule has 1 heterocycles. The van der Waals surface area contributed by atoms with Crippen molar-refractivity contribution < 1.29 is 9.53 Å². The van der Waals surface area contributed by atoms with Gasteiger partial charge in [0.1, 0.15) is 5.75 Å². The minimum Gasteiger partial charge on any atom is -0.497 e. The highest BCUT2D eigenvalue weighted by Gasteiger charge is 2.20. The van der Waals surface area contributed by atoms with Gasteiger partial charge in [-0.2, -0.15) is 0 Å². The fraction of sp³-hybridized carbons (Fsp3) is 0.130. The maximum Gasteiger partial charge on any atom is 0.259 e. The lowest BCUT2D eigenvalue weighted by Crippen LogP contribution is -2.21. The van der Waals surface area contributed by atoms with Crippen LogP contribution in [0.2, 0.25) is 0 Å². The molecule has 0 spiro atoms. The first-order valence-electron chi connectivity index (χ1n) is 8.66. The molecule has 2 aromatic carbocycles. The quantitative estimate of drug-likeness (QED) is 0.417. The van der Waals surface area contributed by atoms with Crippen molar-refractivity contribution >= 4 is 17.4 Å². The molecule has 0 aliphatic rings. The lowest BCUT2D eigenvalue weighted by atomic mass is 9.93. The third-order valence-corrected chi connectivity index (χ3v) is 4.35. The Labute approximate surface area is 158 Å². The number of nitrogens with one attached hydrogen (secondary N) is 1. The molecule has 0 atom stereocenters. The molecule has 27 heavy (non-hydrogen) atoms. The molecule has 0 bridgehead atoms. The average molecular weight is 359 g/mol. The summed E-state index contributed by atoms with van der Waals surface area (Å²) in [5.41, 5.74) is 3.28. The number of methoxy groups -OCH3 is 1. The first-order valence-corrected chi connectivity index (χ1v) is 8.66. The normalized spacial score (nSPS) is 11.3. The predicted octanol–water partition coefficient (Wildman–Crippen LogP) is 4.42. The summed E-state index contributed by atoms with van der Waals surface area (Å²) in [5.74, 6) is 0.446. The Morgan fingerprint density at radius 1 is 1.00 bits per heavy atom. The molecule has 0 aliphatic heterocycles. The van der Waals surface area contributed by atoms with Crippen LogP contribution in [0.15, 0.2) is 65.5 Å². The lowest BCUT2D eigenvalue weighted by Gasteiger charge is -2.10. The van der Waals surface area contributed by atoms with Gasteiger partial charge in [0.15, 0.2) is 5.78 Å². The average Bonchev–Trinajstić information content (AvgIpc) is 2.66. The molecule has 0 aliphatic carbocycles. The van der Waals surface area contributed by atoms with E-state index in [1.54, 1.807) is 27.0 Å². The molecule has 0 unspecified atom stereocenters. The van der Waals surface area contributed by atoms with Crippen molar-refractivity contribution in [3.8, 4) is 5.75 Å². The smallest absolute Gasteiger partial charge is 0.259 e. The van der Waals surface area contributed by atoms with Crippen LogP contribution in [-0.2, 0) is 0 Å². The van der Waals surface area contributed by atoms with Gasteiger partial charge in [-0.3, -0.25) is 9.59 Å². The van der Waals surface area contributed by atoms with E-state index in [1.165, 1.54) is 0 Å². The number of aromatic amines is 1. The third-order valence-electron chi connectivity index (χ3n) is 4.35. The standard InChI is InChI=1S/C23H21NO3/c1-15-13-16(2)24-23(26)21(15)22(25)20(18-7-5-4-6-8-18)14-17-9-11-19(27-3)12-10-17/h4-14H,1-3H3,(H,24,26)/b20-14-. The molecule has 0 fully saturated rings. The SMILES string of the molecule is COc1ccc(/C=C(\C(=O)c2c(C)cc(C)[nH]c2=O)c2ccccc2)cc1. The zero-order valence-electron chi connectivity index (χ0n) is 15.6. The van der Waals surface area contributed by atoms with E-state index in [-0.39, 0.29) is 16.9 Å². The molecule has 1 N–H and O–H groups in total. The topological polar surface area (TPSA) is 59.2 Å². The molecule has 0 amide bonds. The third kappa shape index (κ3) is 4.06. The van der Waals surface area contributed by atoms with Gasteiger partial charge in [-0.25, -0.2) is 0 Å². The second-order valence-electron chi connectivity index (χ2n) is 6.37. The van der Waals surface area contributed by atoms with E-state index in [4.69, 9.17) is 4.74 Å². The Balaban J connectivity index is 2.14. The zero-order valence-corrected chi connectivity index (χ0v) is 15.6. The number of aryl methyl sites for hydroxylation is 2. The summed E-state index contributed by atoms with van der Waals surface area (Å²) in [4.78, 5) is 28.5. The monoisotopic (exact) mass is 359 g/mol. The van der Waals surface area contributed by atoms with Crippen molar-refractivity contribution in [3.63, 3.8) is 0 Å². The molecule has 3 rings (SSSR count). The van der Waals surface area contributed by atoms with Crippen LogP contribution in [0.5, 0.6) is 5.75 Å². The molecule has 3 aromatic rings. The fourth-order valence-corrected chi connectivity index (χ4v) is 3.04. The van der Waals surface area contributed by atoms with Crippen LogP contribution in [0.25, 0.3) is 11.6 Å². The molecular formula is C23H21NO3. The van der Waals surface area contributed by atoms with Gasteiger partial charge in [0.05, 0.1) is 12.7 Å². The number of ketones is 1. The number of ether oxygens (including phenoxy) is 1. The number of aromatic nitrogens is 1. The number of benzene rings is 2. The van der Waals surface area contributed by atoms with E-state index in [9.17, 15) is 9.59 Å². The van der Waals surface area contributed by atoms with Crippen molar-refractivity contribution in [2.75, 3.05) is 7.11 Å². The summed E-state index contributed by atoms with van der Waals surface area (Å²) in [6.45, 7) is 3.58. The number of H-pyrrole nitrogens is 1. The van der Waals surface area contributed by atoms with Crippen LogP contribution in [-0.4, -0.2) is 17.9 Å². The van der Waals surface area contributed by atoms with Gasteiger partial charge in [0.25, 0.3) is 5.56 Å². The lowest BCUT2D eigenvalue weighted by molar-refractivity contribution is 0.105. The summed E-state index contributed by atoms with van der Waals surface area (Å²) >= 11 is 0. The Hall–Kier alpha value is -3.40. The van der Waals surface area contributed by atoms with Crippen molar-refractivity contribution in [2.45, 2.75) is 13.8 Å². The van der Waals surface area contributed by atoms with Gasteiger partial charge in [0, 0.05) is 11.3 Å². The molecule has 4 heteroatoms. The van der Waals surface area contributed by atoms with E-state index in [1.807, 2.05) is 60.7 Å². The predicted molar refractivity (Wildman–Crippen MR) is 108 cm³/mol. The van der Waals surface area contributed by atoms with Crippen LogP contribution >= 0.6 is 0 Å². The minimum absolute atomic E-state index is 0.171. The van der Waals surface area contributed by atoms with E-state index < -0.39 is 0 Å². The van der Waals surface area contributed by atoms with Crippen molar-refractivity contribution in [2.24, 2.45) is 0 Å². The number of hydrogen-bond donors (Lipinski definition) is 1. The van der Waals surface area contributed by atoms with Crippen molar-refractivity contribution in [1.82, 2.24) is 4.98 Å². The summed E-state index contributed by atoms with van der Waals surface area (Å²) in [7, 11) is 1.61. The van der Waals surface area contributed by atoms with E-state index in [2.05, 4.69) is 4.98 Å². The second-order valence-corrected chi connectivity index (χ2v) is 6.37. The van der Waals surface area contributed by atoms with E-state index in [0.717, 1.165) is 22.6 Å². The Kier molecular flexibility index (Phi) is 5.36. The summed E-state index contributed by atoms with van der Waals surface area (Å²) < 4.78 is 5.19. The first-order chi connectivity index (χ1) is 13.0. The van der Waals surface area contributed by atoms with Gasteiger partial charge >= 0.3 is 0 Å². The molecule has 0 radical (unpaired) electrons. The summed E-state index contributed by atoms with van der Waals surface area (Å²) in [6, 6.07) is 18.6.